The second kappa shape index (κ2) is 2.67. The van der Waals surface area contributed by atoms with Crippen LogP contribution in [0, 0.1) is 0 Å². The van der Waals surface area contributed by atoms with Crippen molar-refractivity contribution in [1.29, 1.82) is 0 Å². The van der Waals surface area contributed by atoms with Crippen LogP contribution in [0.15, 0.2) is 23.9 Å². The van der Waals surface area contributed by atoms with Gasteiger partial charge in [0.05, 0.1) is 0 Å². The van der Waals surface area contributed by atoms with Crippen LogP contribution < -0.4 is 10.6 Å². The second-order valence-electron chi connectivity index (χ2n) is 3.36. The van der Waals surface area contributed by atoms with Crippen LogP contribution in [-0.4, -0.2) is 4.57 Å². The minimum absolute atomic E-state index is 1.07. The molecule has 0 atom stereocenters. The monoisotopic (exact) mass is 159 g/mol. The Labute approximate surface area is 72.3 Å². The molecule has 0 radical (unpaired) electrons. The van der Waals surface area contributed by atoms with Crippen molar-refractivity contribution >= 4 is 12.2 Å². The van der Waals surface area contributed by atoms with Crippen LogP contribution in [0.3, 0.4) is 0 Å². The number of nitrogens with zero attached hydrogens (tertiary/aromatic N) is 1. The van der Waals surface area contributed by atoms with Gasteiger partial charge in [-0.15, -0.1) is 0 Å². The van der Waals surface area contributed by atoms with Crippen molar-refractivity contribution < 1.29 is 0 Å². The van der Waals surface area contributed by atoms with E-state index < -0.39 is 0 Å². The minimum atomic E-state index is 1.07. The molecule has 0 saturated heterocycles. The first kappa shape index (κ1) is 7.41. The van der Waals surface area contributed by atoms with Crippen LogP contribution in [0.25, 0.3) is 12.2 Å². The largest absolute Gasteiger partial charge is 0.351 e. The van der Waals surface area contributed by atoms with Crippen LogP contribution in [0.5, 0.6) is 0 Å². The number of rotatable bonds is 0. The molecule has 1 heteroatoms. The van der Waals surface area contributed by atoms with Gasteiger partial charge in [0, 0.05) is 18.6 Å². The summed E-state index contributed by atoms with van der Waals surface area (Å²) in [5, 5.41) is 2.66. The number of hydrogen-bond donors (Lipinski definition) is 0. The first-order chi connectivity index (χ1) is 5.77. The maximum absolute atomic E-state index is 2.28. The smallest absolute Gasteiger partial charge is 0.0440 e. The van der Waals surface area contributed by atoms with Gasteiger partial charge < -0.3 is 4.57 Å². The number of hydrogen-bond acceptors (Lipinski definition) is 0. The van der Waals surface area contributed by atoms with Crippen molar-refractivity contribution in [2.45, 2.75) is 13.3 Å². The van der Waals surface area contributed by atoms with Gasteiger partial charge in [0.1, 0.15) is 0 Å². The number of aromatic nitrogens is 1. The molecule has 1 aromatic heterocycles. The van der Waals surface area contributed by atoms with E-state index in [0.29, 0.717) is 0 Å². The molecule has 12 heavy (non-hydrogen) atoms. The number of aryl methyl sites for hydroxylation is 1. The van der Waals surface area contributed by atoms with Gasteiger partial charge in [-0.05, 0) is 24.6 Å². The standard InChI is InChI=1S/C11H13N/c1-9-3-5-10-7-8-12(2)11(10)6-4-9/h3,5-8H,4H2,1-2H3. The topological polar surface area (TPSA) is 4.93 Å². The van der Waals surface area contributed by atoms with Crippen LogP contribution in [0.1, 0.15) is 13.3 Å². The maximum atomic E-state index is 2.28. The Hall–Kier alpha value is -1.24. The van der Waals surface area contributed by atoms with Crippen molar-refractivity contribution in [2.75, 3.05) is 0 Å². The van der Waals surface area contributed by atoms with Crippen LogP contribution in [-0.2, 0) is 7.05 Å². The summed E-state index contributed by atoms with van der Waals surface area (Å²) in [7, 11) is 2.09. The molecule has 0 saturated carbocycles. The Morgan fingerprint density at radius 3 is 3.00 bits per heavy atom. The molecule has 62 valence electrons. The Kier molecular flexibility index (Phi) is 1.65. The molecule has 0 fully saturated rings. The third-order valence-corrected chi connectivity index (χ3v) is 2.32. The highest BCUT2D eigenvalue weighted by molar-refractivity contribution is 5.45. The lowest BCUT2D eigenvalue weighted by Crippen LogP contribution is -2.26. The van der Waals surface area contributed by atoms with Crippen molar-refractivity contribution in [3.8, 4) is 0 Å². The van der Waals surface area contributed by atoms with Gasteiger partial charge in [0.15, 0.2) is 0 Å². The number of allylic oxidation sites excluding steroid dienone is 2. The lowest BCUT2D eigenvalue weighted by Gasteiger charge is -1.91. The van der Waals surface area contributed by atoms with Gasteiger partial charge in [-0.25, -0.2) is 0 Å². The molecular weight excluding hydrogens is 146 g/mol. The Balaban J connectivity index is 2.74. The van der Waals surface area contributed by atoms with Gasteiger partial charge >= 0.3 is 0 Å². The highest BCUT2D eigenvalue weighted by Crippen LogP contribution is 2.01. The summed E-state index contributed by atoms with van der Waals surface area (Å²) in [6.07, 6.45) is 9.84. The zero-order chi connectivity index (χ0) is 8.55. The Morgan fingerprint density at radius 1 is 1.33 bits per heavy atom. The summed E-state index contributed by atoms with van der Waals surface area (Å²) < 4.78 is 2.16. The SMILES string of the molecule is CC1=CC=c2ccn(C)c2=CC1. The molecule has 2 rings (SSSR count). The molecule has 0 aromatic carbocycles. The van der Waals surface area contributed by atoms with E-state index in [0.717, 1.165) is 6.42 Å². The van der Waals surface area contributed by atoms with E-state index >= 15 is 0 Å². The van der Waals surface area contributed by atoms with Crippen LogP contribution in [0.2, 0.25) is 0 Å². The molecule has 0 amide bonds. The summed E-state index contributed by atoms with van der Waals surface area (Å²) in [6, 6.07) is 2.15. The van der Waals surface area contributed by atoms with Gasteiger partial charge in [-0.3, -0.25) is 0 Å². The molecule has 0 N–H and O–H groups in total. The van der Waals surface area contributed by atoms with E-state index in [1.165, 1.54) is 16.1 Å². The summed E-state index contributed by atoms with van der Waals surface area (Å²) >= 11 is 0. The molecule has 1 aliphatic carbocycles. The number of fused-ring (bicyclic) bond motifs is 1. The van der Waals surface area contributed by atoms with Gasteiger partial charge in [-0.1, -0.05) is 23.8 Å². The molecule has 0 aliphatic heterocycles. The lowest BCUT2D eigenvalue weighted by atomic mass is 10.2. The summed E-state index contributed by atoms with van der Waals surface area (Å²) in [4.78, 5) is 0. The third kappa shape index (κ3) is 1.11. The molecule has 0 unspecified atom stereocenters. The molecule has 1 heterocycles. The normalized spacial score (nSPS) is 15.3. The quantitative estimate of drug-likeness (QED) is 0.531. The van der Waals surface area contributed by atoms with Crippen molar-refractivity contribution in [3.05, 3.63) is 34.5 Å². The fraction of sp³-hybridized carbons (Fsp3) is 0.273. The van der Waals surface area contributed by atoms with E-state index in [9.17, 15) is 0 Å². The van der Waals surface area contributed by atoms with E-state index in [-0.39, 0.29) is 0 Å². The molecule has 0 bridgehead atoms. The fourth-order valence-corrected chi connectivity index (χ4v) is 1.52. The lowest BCUT2D eigenvalue weighted by molar-refractivity contribution is 0.885. The summed E-state index contributed by atoms with van der Waals surface area (Å²) in [5.41, 5.74) is 1.42. The minimum Gasteiger partial charge on any atom is -0.351 e. The molecule has 1 aromatic rings. The zero-order valence-electron chi connectivity index (χ0n) is 7.54. The summed E-state index contributed by atoms with van der Waals surface area (Å²) in [6.45, 7) is 2.17. The molecule has 1 nitrogen and oxygen atoms in total. The van der Waals surface area contributed by atoms with Crippen LogP contribution >= 0.6 is 0 Å². The first-order valence-corrected chi connectivity index (χ1v) is 4.26. The van der Waals surface area contributed by atoms with Crippen molar-refractivity contribution in [3.63, 3.8) is 0 Å². The average molecular weight is 159 g/mol. The van der Waals surface area contributed by atoms with E-state index in [1.807, 2.05) is 0 Å². The van der Waals surface area contributed by atoms with Gasteiger partial charge in [-0.2, -0.15) is 0 Å². The zero-order valence-corrected chi connectivity index (χ0v) is 7.54. The van der Waals surface area contributed by atoms with Gasteiger partial charge in [0.2, 0.25) is 0 Å². The highest BCUT2D eigenvalue weighted by Gasteiger charge is 1.94. The van der Waals surface area contributed by atoms with E-state index in [4.69, 9.17) is 0 Å². The van der Waals surface area contributed by atoms with Crippen molar-refractivity contribution in [1.82, 2.24) is 4.57 Å². The van der Waals surface area contributed by atoms with E-state index in [1.54, 1.807) is 0 Å². The highest BCUT2D eigenvalue weighted by atomic mass is 14.9. The van der Waals surface area contributed by atoms with Crippen LogP contribution in [0.4, 0.5) is 0 Å². The predicted molar refractivity (Wildman–Crippen MR) is 52.0 cm³/mol. The summed E-state index contributed by atoms with van der Waals surface area (Å²) in [5.74, 6) is 0. The second-order valence-corrected chi connectivity index (χ2v) is 3.36. The molecular formula is C11H13N. The predicted octanol–water partition coefficient (Wildman–Crippen LogP) is 0.936. The first-order valence-electron chi connectivity index (χ1n) is 4.26. The van der Waals surface area contributed by atoms with Crippen molar-refractivity contribution in [2.24, 2.45) is 7.05 Å². The molecule has 0 spiro atoms. The molecule has 1 aliphatic rings. The average Bonchev–Trinajstić information content (AvgIpc) is 2.28. The van der Waals surface area contributed by atoms with E-state index in [2.05, 4.69) is 49.0 Å². The van der Waals surface area contributed by atoms with Gasteiger partial charge in [0.25, 0.3) is 0 Å². The Bertz CT molecular complexity index is 432. The maximum Gasteiger partial charge on any atom is 0.0440 e. The fourth-order valence-electron chi connectivity index (χ4n) is 1.52. The third-order valence-electron chi connectivity index (χ3n) is 2.32. The Morgan fingerprint density at radius 2 is 2.17 bits per heavy atom.